The Bertz CT molecular complexity index is 644. The Labute approximate surface area is 145 Å². The normalized spacial score (nSPS) is 12.8. The van der Waals surface area contributed by atoms with E-state index in [9.17, 15) is 13.2 Å². The fourth-order valence-electron chi connectivity index (χ4n) is 2.07. The van der Waals surface area contributed by atoms with E-state index in [1.807, 2.05) is 13.0 Å². The molecule has 0 aliphatic heterocycles. The van der Waals surface area contributed by atoms with Crippen LogP contribution in [0.25, 0.3) is 0 Å². The molecule has 6 nitrogen and oxygen atoms in total. The number of benzene rings is 1. The third-order valence-electron chi connectivity index (χ3n) is 3.58. The van der Waals surface area contributed by atoms with Crippen molar-refractivity contribution in [3.63, 3.8) is 0 Å². The van der Waals surface area contributed by atoms with Crippen LogP contribution in [0.3, 0.4) is 0 Å². The van der Waals surface area contributed by atoms with Crippen molar-refractivity contribution in [2.45, 2.75) is 51.5 Å². The molecule has 2 N–H and O–H groups in total. The Morgan fingerprint density at radius 2 is 1.96 bits per heavy atom. The van der Waals surface area contributed by atoms with E-state index < -0.39 is 16.1 Å². The standard InChI is InChI=1S/C17H28N2O4S/c1-5-6-11-23-15(4)17(20)18-9-10-19-24(21,22)16-12-13(2)7-8-14(16)3/h7-8,12,15,19H,5-6,9-11H2,1-4H3,(H,18,20). The molecule has 0 radical (unpaired) electrons. The summed E-state index contributed by atoms with van der Waals surface area (Å²) in [6.45, 7) is 8.23. The number of rotatable bonds is 10. The zero-order chi connectivity index (χ0) is 18.2. The molecule has 136 valence electrons. The predicted octanol–water partition coefficient (Wildman–Crippen LogP) is 1.90. The summed E-state index contributed by atoms with van der Waals surface area (Å²) < 4.78 is 32.5. The quantitative estimate of drug-likeness (QED) is 0.627. The zero-order valence-electron chi connectivity index (χ0n) is 14.9. The Kier molecular flexibility index (Phi) is 8.38. The van der Waals surface area contributed by atoms with Gasteiger partial charge in [0, 0.05) is 19.7 Å². The predicted molar refractivity (Wildman–Crippen MR) is 94.4 cm³/mol. The summed E-state index contributed by atoms with van der Waals surface area (Å²) in [6, 6.07) is 5.29. The number of hydrogen-bond donors (Lipinski definition) is 2. The first kappa shape index (κ1) is 20.6. The monoisotopic (exact) mass is 356 g/mol. The van der Waals surface area contributed by atoms with Crippen molar-refractivity contribution in [3.05, 3.63) is 29.3 Å². The van der Waals surface area contributed by atoms with Crippen LogP contribution in [-0.4, -0.2) is 40.1 Å². The lowest BCUT2D eigenvalue weighted by Gasteiger charge is -2.14. The van der Waals surface area contributed by atoms with Crippen molar-refractivity contribution in [2.75, 3.05) is 19.7 Å². The lowest BCUT2D eigenvalue weighted by molar-refractivity contribution is -0.131. The molecule has 0 fully saturated rings. The van der Waals surface area contributed by atoms with Gasteiger partial charge in [-0.05, 0) is 44.4 Å². The summed E-state index contributed by atoms with van der Waals surface area (Å²) in [6.07, 6.45) is 1.38. The van der Waals surface area contributed by atoms with Gasteiger partial charge in [0.2, 0.25) is 15.9 Å². The topological polar surface area (TPSA) is 84.5 Å². The Morgan fingerprint density at radius 1 is 1.25 bits per heavy atom. The minimum Gasteiger partial charge on any atom is -0.369 e. The highest BCUT2D eigenvalue weighted by molar-refractivity contribution is 7.89. The van der Waals surface area contributed by atoms with Crippen molar-refractivity contribution < 1.29 is 17.9 Å². The van der Waals surface area contributed by atoms with Crippen LogP contribution in [0, 0.1) is 13.8 Å². The average Bonchev–Trinajstić information content (AvgIpc) is 2.53. The van der Waals surface area contributed by atoms with E-state index >= 15 is 0 Å². The number of hydrogen-bond acceptors (Lipinski definition) is 4. The lowest BCUT2D eigenvalue weighted by Crippen LogP contribution is -2.39. The Morgan fingerprint density at radius 3 is 2.62 bits per heavy atom. The lowest BCUT2D eigenvalue weighted by atomic mass is 10.2. The van der Waals surface area contributed by atoms with Gasteiger partial charge in [0.15, 0.2) is 0 Å². The second-order valence-corrected chi connectivity index (χ2v) is 7.56. The first-order chi connectivity index (χ1) is 11.3. The SMILES string of the molecule is CCCCOC(C)C(=O)NCCNS(=O)(=O)c1cc(C)ccc1C. The van der Waals surface area contributed by atoms with Crippen LogP contribution in [0.4, 0.5) is 0 Å². The number of nitrogens with one attached hydrogen (secondary N) is 2. The molecule has 0 aromatic heterocycles. The molecule has 0 heterocycles. The highest BCUT2D eigenvalue weighted by Crippen LogP contribution is 2.16. The van der Waals surface area contributed by atoms with Crippen LogP contribution in [0.2, 0.25) is 0 Å². The van der Waals surface area contributed by atoms with Crippen LogP contribution in [-0.2, 0) is 19.6 Å². The van der Waals surface area contributed by atoms with E-state index in [-0.39, 0.29) is 23.9 Å². The van der Waals surface area contributed by atoms with Gasteiger partial charge in [0.1, 0.15) is 6.10 Å². The van der Waals surface area contributed by atoms with E-state index in [1.165, 1.54) is 0 Å². The molecule has 0 saturated carbocycles. The molecule has 1 aromatic carbocycles. The summed E-state index contributed by atoms with van der Waals surface area (Å²) in [5.74, 6) is -0.239. The fraction of sp³-hybridized carbons (Fsp3) is 0.588. The second kappa shape index (κ2) is 9.76. The molecule has 0 aliphatic carbocycles. The molecule has 1 unspecified atom stereocenters. The van der Waals surface area contributed by atoms with Gasteiger partial charge in [-0.15, -0.1) is 0 Å². The molecular weight excluding hydrogens is 328 g/mol. The highest BCUT2D eigenvalue weighted by atomic mass is 32.2. The van der Waals surface area contributed by atoms with Crippen molar-refractivity contribution in [1.29, 1.82) is 0 Å². The van der Waals surface area contributed by atoms with E-state index in [0.717, 1.165) is 18.4 Å². The van der Waals surface area contributed by atoms with Crippen molar-refractivity contribution in [1.82, 2.24) is 10.0 Å². The van der Waals surface area contributed by atoms with Crippen LogP contribution in [0.15, 0.2) is 23.1 Å². The van der Waals surface area contributed by atoms with Gasteiger partial charge in [-0.1, -0.05) is 25.5 Å². The third-order valence-corrected chi connectivity index (χ3v) is 5.19. The molecule has 0 saturated heterocycles. The summed E-state index contributed by atoms with van der Waals surface area (Å²) >= 11 is 0. The molecular formula is C17H28N2O4S. The minimum atomic E-state index is -3.58. The number of amides is 1. The number of aryl methyl sites for hydroxylation is 2. The van der Waals surface area contributed by atoms with Gasteiger partial charge in [0.25, 0.3) is 0 Å². The van der Waals surface area contributed by atoms with Crippen molar-refractivity contribution >= 4 is 15.9 Å². The number of sulfonamides is 1. The average molecular weight is 356 g/mol. The van der Waals surface area contributed by atoms with Gasteiger partial charge in [-0.2, -0.15) is 0 Å². The molecule has 1 atom stereocenters. The highest BCUT2D eigenvalue weighted by Gasteiger charge is 2.17. The summed E-state index contributed by atoms with van der Waals surface area (Å²) in [7, 11) is -3.58. The third kappa shape index (κ3) is 6.59. The first-order valence-corrected chi connectivity index (χ1v) is 9.72. The van der Waals surface area contributed by atoms with Crippen LogP contribution in [0.5, 0.6) is 0 Å². The van der Waals surface area contributed by atoms with E-state index in [4.69, 9.17) is 4.74 Å². The molecule has 1 amide bonds. The van der Waals surface area contributed by atoms with Gasteiger partial charge >= 0.3 is 0 Å². The number of ether oxygens (including phenoxy) is 1. The summed E-state index contributed by atoms with van der Waals surface area (Å²) in [5.41, 5.74) is 1.57. The van der Waals surface area contributed by atoms with Gasteiger partial charge in [-0.3, -0.25) is 4.79 Å². The second-order valence-electron chi connectivity index (χ2n) is 5.82. The molecule has 24 heavy (non-hydrogen) atoms. The van der Waals surface area contributed by atoms with E-state index in [1.54, 1.807) is 26.0 Å². The Balaban J connectivity index is 2.44. The summed E-state index contributed by atoms with van der Waals surface area (Å²) in [5, 5.41) is 2.67. The maximum atomic E-state index is 12.3. The minimum absolute atomic E-state index is 0.128. The molecule has 7 heteroatoms. The van der Waals surface area contributed by atoms with Crippen LogP contribution in [0.1, 0.15) is 37.8 Å². The van der Waals surface area contributed by atoms with E-state index in [2.05, 4.69) is 17.0 Å². The summed E-state index contributed by atoms with van der Waals surface area (Å²) in [4.78, 5) is 12.1. The molecule has 0 spiro atoms. The van der Waals surface area contributed by atoms with Crippen molar-refractivity contribution in [2.24, 2.45) is 0 Å². The van der Waals surface area contributed by atoms with Crippen LogP contribution < -0.4 is 10.0 Å². The van der Waals surface area contributed by atoms with Gasteiger partial charge in [-0.25, -0.2) is 13.1 Å². The number of unbranched alkanes of at least 4 members (excludes halogenated alkanes) is 1. The first-order valence-electron chi connectivity index (χ1n) is 8.24. The Hall–Kier alpha value is -1.44. The zero-order valence-corrected chi connectivity index (χ0v) is 15.7. The maximum absolute atomic E-state index is 12.3. The largest absolute Gasteiger partial charge is 0.369 e. The van der Waals surface area contributed by atoms with E-state index in [0.29, 0.717) is 12.2 Å². The number of carbonyl (C=O) groups excluding carboxylic acids is 1. The number of carbonyl (C=O) groups is 1. The maximum Gasteiger partial charge on any atom is 0.248 e. The van der Waals surface area contributed by atoms with Gasteiger partial charge in [0.05, 0.1) is 4.90 Å². The van der Waals surface area contributed by atoms with Crippen molar-refractivity contribution in [3.8, 4) is 0 Å². The molecule has 1 aromatic rings. The fourth-order valence-corrected chi connectivity index (χ4v) is 3.43. The van der Waals surface area contributed by atoms with Crippen LogP contribution >= 0.6 is 0 Å². The smallest absolute Gasteiger partial charge is 0.248 e. The molecule has 0 bridgehead atoms. The molecule has 1 rings (SSSR count). The molecule has 0 aliphatic rings. The van der Waals surface area contributed by atoms with Gasteiger partial charge < -0.3 is 10.1 Å².